The number of benzene rings is 1. The van der Waals surface area contributed by atoms with Crippen LogP contribution in [0, 0.1) is 10.8 Å². The molecular formula is C19H30N2. The van der Waals surface area contributed by atoms with E-state index in [0.29, 0.717) is 16.9 Å². The lowest BCUT2D eigenvalue weighted by atomic mass is 9.91. The van der Waals surface area contributed by atoms with Crippen molar-refractivity contribution in [3.8, 4) is 0 Å². The maximum atomic E-state index is 3.80. The Balaban J connectivity index is 1.86. The first-order valence-electron chi connectivity index (χ1n) is 8.34. The molecule has 0 amide bonds. The monoisotopic (exact) mass is 286 g/mol. The highest BCUT2D eigenvalue weighted by Crippen LogP contribution is 2.65. The van der Waals surface area contributed by atoms with Gasteiger partial charge >= 0.3 is 0 Å². The van der Waals surface area contributed by atoms with Crippen LogP contribution in [-0.2, 0) is 5.54 Å². The molecule has 116 valence electrons. The van der Waals surface area contributed by atoms with Crippen LogP contribution in [-0.4, -0.2) is 30.6 Å². The number of hydrogen-bond acceptors (Lipinski definition) is 2. The highest BCUT2D eigenvalue weighted by atomic mass is 15.3. The summed E-state index contributed by atoms with van der Waals surface area (Å²) in [6.45, 7) is 15.5. The number of nitrogens with one attached hydrogen (secondary N) is 1. The van der Waals surface area contributed by atoms with Gasteiger partial charge in [-0.05, 0) is 42.8 Å². The Kier molecular flexibility index (Phi) is 3.46. The SMILES string of the molecule is CC1(c2ccccc2)CN(C2C(C)(C)C2(C)C)CCCN1. The third-order valence-electron chi connectivity index (χ3n) is 6.38. The van der Waals surface area contributed by atoms with Gasteiger partial charge in [-0.2, -0.15) is 0 Å². The summed E-state index contributed by atoms with van der Waals surface area (Å²) < 4.78 is 0. The Hall–Kier alpha value is -0.860. The molecule has 2 fully saturated rings. The van der Waals surface area contributed by atoms with Crippen molar-refractivity contribution in [2.24, 2.45) is 10.8 Å². The smallest absolute Gasteiger partial charge is 0.0535 e. The molecule has 0 spiro atoms. The van der Waals surface area contributed by atoms with Gasteiger partial charge in [-0.15, -0.1) is 0 Å². The molecule has 1 saturated heterocycles. The second-order valence-corrected chi connectivity index (χ2v) is 8.29. The van der Waals surface area contributed by atoms with Gasteiger partial charge in [-0.3, -0.25) is 4.90 Å². The summed E-state index contributed by atoms with van der Waals surface area (Å²) in [4.78, 5) is 2.74. The molecule has 2 nitrogen and oxygen atoms in total. The molecule has 1 aliphatic heterocycles. The molecule has 1 unspecified atom stereocenters. The summed E-state index contributed by atoms with van der Waals surface area (Å²) in [5, 5.41) is 3.80. The Morgan fingerprint density at radius 1 is 1.00 bits per heavy atom. The summed E-state index contributed by atoms with van der Waals surface area (Å²) in [5.74, 6) is 0. The summed E-state index contributed by atoms with van der Waals surface area (Å²) >= 11 is 0. The maximum Gasteiger partial charge on any atom is 0.0535 e. The van der Waals surface area contributed by atoms with Crippen molar-refractivity contribution in [2.45, 2.75) is 52.6 Å². The predicted molar refractivity (Wildman–Crippen MR) is 89.3 cm³/mol. The van der Waals surface area contributed by atoms with E-state index in [0.717, 1.165) is 13.1 Å². The van der Waals surface area contributed by atoms with Gasteiger partial charge in [0.2, 0.25) is 0 Å². The zero-order chi connectivity index (χ0) is 15.3. The van der Waals surface area contributed by atoms with Crippen molar-refractivity contribution in [3.63, 3.8) is 0 Å². The van der Waals surface area contributed by atoms with Gasteiger partial charge in [0.05, 0.1) is 5.54 Å². The topological polar surface area (TPSA) is 15.3 Å². The minimum Gasteiger partial charge on any atom is -0.307 e. The van der Waals surface area contributed by atoms with Gasteiger partial charge in [0.15, 0.2) is 0 Å². The van der Waals surface area contributed by atoms with Crippen molar-refractivity contribution in [1.82, 2.24) is 10.2 Å². The third kappa shape index (κ3) is 2.33. The van der Waals surface area contributed by atoms with Crippen LogP contribution in [0.2, 0.25) is 0 Å². The molecule has 2 heteroatoms. The molecule has 1 aromatic rings. The van der Waals surface area contributed by atoms with Crippen molar-refractivity contribution < 1.29 is 0 Å². The first-order chi connectivity index (χ1) is 9.79. The van der Waals surface area contributed by atoms with E-state index < -0.39 is 0 Å². The fourth-order valence-corrected chi connectivity index (χ4v) is 4.48. The zero-order valence-electron chi connectivity index (χ0n) is 14.2. The Morgan fingerprint density at radius 3 is 2.19 bits per heavy atom. The van der Waals surface area contributed by atoms with Gasteiger partial charge in [0, 0.05) is 12.6 Å². The second-order valence-electron chi connectivity index (χ2n) is 8.29. The van der Waals surface area contributed by atoms with E-state index in [1.165, 1.54) is 18.5 Å². The second kappa shape index (κ2) is 4.82. The van der Waals surface area contributed by atoms with E-state index in [4.69, 9.17) is 0 Å². The van der Waals surface area contributed by atoms with Crippen LogP contribution < -0.4 is 5.32 Å². The summed E-state index contributed by atoms with van der Waals surface area (Å²) in [7, 11) is 0. The summed E-state index contributed by atoms with van der Waals surface area (Å²) in [6, 6.07) is 11.6. The van der Waals surface area contributed by atoms with Crippen LogP contribution in [0.25, 0.3) is 0 Å². The molecule has 2 aliphatic rings. The molecule has 1 aliphatic carbocycles. The first kappa shape index (κ1) is 15.1. The number of hydrogen-bond donors (Lipinski definition) is 1. The quantitative estimate of drug-likeness (QED) is 0.893. The Bertz CT molecular complexity index is 492. The van der Waals surface area contributed by atoms with Crippen molar-refractivity contribution >= 4 is 0 Å². The summed E-state index contributed by atoms with van der Waals surface area (Å²) in [6.07, 6.45) is 1.24. The van der Waals surface area contributed by atoms with E-state index in [9.17, 15) is 0 Å². The molecule has 0 bridgehead atoms. The molecular weight excluding hydrogens is 256 g/mol. The summed E-state index contributed by atoms with van der Waals surface area (Å²) in [5.41, 5.74) is 2.32. The highest BCUT2D eigenvalue weighted by Gasteiger charge is 2.67. The van der Waals surface area contributed by atoms with E-state index in [2.05, 4.69) is 75.2 Å². The molecule has 21 heavy (non-hydrogen) atoms. The Morgan fingerprint density at radius 2 is 1.62 bits per heavy atom. The first-order valence-corrected chi connectivity index (χ1v) is 8.34. The zero-order valence-corrected chi connectivity index (χ0v) is 14.2. The molecule has 0 radical (unpaired) electrons. The highest BCUT2D eigenvalue weighted by molar-refractivity contribution is 5.26. The molecule has 1 atom stereocenters. The molecule has 1 heterocycles. The van der Waals surface area contributed by atoms with E-state index in [-0.39, 0.29) is 5.54 Å². The number of nitrogens with zero attached hydrogens (tertiary/aromatic N) is 1. The van der Waals surface area contributed by atoms with E-state index in [1.54, 1.807) is 0 Å². The van der Waals surface area contributed by atoms with Crippen molar-refractivity contribution in [2.75, 3.05) is 19.6 Å². The predicted octanol–water partition coefficient (Wildman–Crippen LogP) is 3.63. The van der Waals surface area contributed by atoms with Gasteiger partial charge in [0.25, 0.3) is 0 Å². The van der Waals surface area contributed by atoms with Gasteiger partial charge in [-0.25, -0.2) is 0 Å². The van der Waals surface area contributed by atoms with Crippen molar-refractivity contribution in [1.29, 1.82) is 0 Å². The van der Waals surface area contributed by atoms with Gasteiger partial charge in [-0.1, -0.05) is 58.0 Å². The maximum absolute atomic E-state index is 3.80. The fraction of sp³-hybridized carbons (Fsp3) is 0.684. The van der Waals surface area contributed by atoms with Crippen LogP contribution >= 0.6 is 0 Å². The number of rotatable bonds is 2. The van der Waals surface area contributed by atoms with Crippen LogP contribution in [0.4, 0.5) is 0 Å². The largest absolute Gasteiger partial charge is 0.307 e. The third-order valence-corrected chi connectivity index (χ3v) is 6.38. The average Bonchev–Trinajstić information content (AvgIpc) is 2.93. The lowest BCUT2D eigenvalue weighted by Crippen LogP contribution is -2.47. The molecule has 0 aromatic heterocycles. The van der Waals surface area contributed by atoms with Crippen LogP contribution in [0.3, 0.4) is 0 Å². The van der Waals surface area contributed by atoms with Crippen LogP contribution in [0.15, 0.2) is 30.3 Å². The van der Waals surface area contributed by atoms with Crippen molar-refractivity contribution in [3.05, 3.63) is 35.9 Å². The lowest BCUT2D eigenvalue weighted by Gasteiger charge is -2.35. The molecule has 3 rings (SSSR count). The minimum atomic E-state index is 0.0620. The normalized spacial score (nSPS) is 32.6. The lowest BCUT2D eigenvalue weighted by molar-refractivity contribution is 0.185. The van der Waals surface area contributed by atoms with Crippen LogP contribution in [0.5, 0.6) is 0 Å². The standard InChI is InChI=1S/C19H30N2/c1-17(2)16(18(17,3)4)21-13-9-12-20-19(5,14-21)15-10-7-6-8-11-15/h6-8,10-11,16,20H,9,12-14H2,1-5H3. The van der Waals surface area contributed by atoms with E-state index >= 15 is 0 Å². The minimum absolute atomic E-state index is 0.0620. The fourth-order valence-electron chi connectivity index (χ4n) is 4.48. The van der Waals surface area contributed by atoms with E-state index in [1.807, 2.05) is 0 Å². The average molecular weight is 286 g/mol. The Labute approximate surface area is 129 Å². The van der Waals surface area contributed by atoms with Gasteiger partial charge < -0.3 is 5.32 Å². The molecule has 1 aromatic carbocycles. The molecule has 1 N–H and O–H groups in total. The van der Waals surface area contributed by atoms with Crippen LogP contribution in [0.1, 0.15) is 46.6 Å². The van der Waals surface area contributed by atoms with Gasteiger partial charge in [0.1, 0.15) is 0 Å². The molecule has 1 saturated carbocycles.